The minimum atomic E-state index is -0.225. The Hall–Kier alpha value is -1.00. The fourth-order valence-corrected chi connectivity index (χ4v) is 3.25. The van der Waals surface area contributed by atoms with E-state index in [-0.39, 0.29) is 5.82 Å². The summed E-state index contributed by atoms with van der Waals surface area (Å²) < 4.78 is 13.9. The molecule has 4 heteroatoms. The van der Waals surface area contributed by atoms with Crippen LogP contribution in [-0.2, 0) is 5.75 Å². The van der Waals surface area contributed by atoms with Gasteiger partial charge < -0.3 is 5.73 Å². The number of hydrogen-bond donors (Lipinski definition) is 1. The zero-order chi connectivity index (χ0) is 13.1. The lowest BCUT2D eigenvalue weighted by atomic mass is 10.2. The Morgan fingerprint density at radius 1 is 1.22 bits per heavy atom. The van der Waals surface area contributed by atoms with E-state index in [1.54, 1.807) is 17.8 Å². The number of anilines is 1. The van der Waals surface area contributed by atoms with Crippen LogP contribution in [0.5, 0.6) is 0 Å². The molecule has 0 radical (unpaired) electrons. The van der Waals surface area contributed by atoms with Crippen molar-refractivity contribution in [3.63, 3.8) is 0 Å². The molecular formula is C14H13BrFNS. The SMILES string of the molecule is Cc1c(N)cccc1SCc1cccc(F)c1Br. The summed E-state index contributed by atoms with van der Waals surface area (Å²) in [5.74, 6) is 0.486. The molecule has 0 aliphatic rings. The van der Waals surface area contributed by atoms with Gasteiger partial charge in [-0.3, -0.25) is 0 Å². The predicted molar refractivity (Wildman–Crippen MR) is 79.3 cm³/mol. The van der Waals surface area contributed by atoms with E-state index < -0.39 is 0 Å². The normalized spacial score (nSPS) is 10.6. The van der Waals surface area contributed by atoms with Crippen molar-refractivity contribution in [2.45, 2.75) is 17.6 Å². The third kappa shape index (κ3) is 2.87. The Balaban J connectivity index is 2.17. The fourth-order valence-electron chi connectivity index (χ4n) is 1.60. The lowest BCUT2D eigenvalue weighted by Gasteiger charge is -2.09. The second kappa shape index (κ2) is 5.76. The summed E-state index contributed by atoms with van der Waals surface area (Å²) in [5, 5.41) is 0. The van der Waals surface area contributed by atoms with Gasteiger partial charge in [-0.25, -0.2) is 4.39 Å². The second-order valence-corrected chi connectivity index (χ2v) is 5.78. The molecule has 0 spiro atoms. The van der Waals surface area contributed by atoms with E-state index in [4.69, 9.17) is 5.73 Å². The number of nitrogens with two attached hydrogens (primary N) is 1. The number of nitrogen functional groups attached to an aromatic ring is 1. The third-order valence-electron chi connectivity index (χ3n) is 2.74. The molecule has 0 aliphatic carbocycles. The molecule has 2 rings (SSSR count). The first kappa shape index (κ1) is 13.4. The molecule has 0 unspecified atom stereocenters. The average Bonchev–Trinajstić information content (AvgIpc) is 2.36. The highest BCUT2D eigenvalue weighted by Crippen LogP contribution is 2.31. The third-order valence-corrected chi connectivity index (χ3v) is 4.84. The molecule has 94 valence electrons. The van der Waals surface area contributed by atoms with Crippen LogP contribution < -0.4 is 5.73 Å². The highest BCUT2D eigenvalue weighted by Gasteiger charge is 2.07. The van der Waals surface area contributed by atoms with E-state index in [1.165, 1.54) is 6.07 Å². The maximum Gasteiger partial charge on any atom is 0.137 e. The lowest BCUT2D eigenvalue weighted by Crippen LogP contribution is -1.92. The molecule has 0 saturated heterocycles. The lowest BCUT2D eigenvalue weighted by molar-refractivity contribution is 0.619. The fraction of sp³-hybridized carbons (Fsp3) is 0.143. The first-order valence-corrected chi connectivity index (χ1v) is 7.28. The zero-order valence-corrected chi connectivity index (χ0v) is 12.3. The minimum Gasteiger partial charge on any atom is -0.398 e. The minimum absolute atomic E-state index is 0.225. The van der Waals surface area contributed by atoms with E-state index in [0.29, 0.717) is 10.2 Å². The van der Waals surface area contributed by atoms with E-state index in [0.717, 1.165) is 21.7 Å². The van der Waals surface area contributed by atoms with Gasteiger partial charge in [-0.2, -0.15) is 0 Å². The van der Waals surface area contributed by atoms with Crippen LogP contribution >= 0.6 is 27.7 Å². The van der Waals surface area contributed by atoms with Gasteiger partial charge in [0.25, 0.3) is 0 Å². The van der Waals surface area contributed by atoms with Crippen LogP contribution in [-0.4, -0.2) is 0 Å². The smallest absolute Gasteiger partial charge is 0.137 e. The molecule has 0 heterocycles. The first-order chi connectivity index (χ1) is 8.59. The Labute approximate surface area is 119 Å². The van der Waals surface area contributed by atoms with Crippen LogP contribution in [0, 0.1) is 12.7 Å². The molecule has 0 fully saturated rings. The Morgan fingerprint density at radius 3 is 2.72 bits per heavy atom. The molecule has 0 aromatic heterocycles. The Morgan fingerprint density at radius 2 is 1.94 bits per heavy atom. The van der Waals surface area contributed by atoms with E-state index >= 15 is 0 Å². The summed E-state index contributed by atoms with van der Waals surface area (Å²) in [4.78, 5) is 1.13. The molecule has 2 aromatic rings. The molecule has 0 amide bonds. The van der Waals surface area contributed by atoms with Crippen LogP contribution in [0.2, 0.25) is 0 Å². The van der Waals surface area contributed by atoms with Crippen molar-refractivity contribution >= 4 is 33.4 Å². The van der Waals surface area contributed by atoms with Gasteiger partial charge >= 0.3 is 0 Å². The zero-order valence-electron chi connectivity index (χ0n) is 9.91. The molecule has 18 heavy (non-hydrogen) atoms. The molecule has 0 bridgehead atoms. The summed E-state index contributed by atoms with van der Waals surface area (Å²) in [6.07, 6.45) is 0. The maximum atomic E-state index is 13.4. The van der Waals surface area contributed by atoms with Crippen LogP contribution in [0.1, 0.15) is 11.1 Å². The van der Waals surface area contributed by atoms with Crippen molar-refractivity contribution < 1.29 is 4.39 Å². The van der Waals surface area contributed by atoms with E-state index in [9.17, 15) is 4.39 Å². The Bertz CT molecular complexity index is 520. The molecule has 0 atom stereocenters. The molecule has 2 N–H and O–H groups in total. The summed E-state index contributed by atoms with van der Waals surface area (Å²) in [6.45, 7) is 2.00. The highest BCUT2D eigenvalue weighted by atomic mass is 79.9. The quantitative estimate of drug-likeness (QED) is 0.649. The molecule has 1 nitrogen and oxygen atoms in total. The summed E-state index contributed by atoms with van der Waals surface area (Å²) in [5.41, 5.74) is 8.68. The maximum absolute atomic E-state index is 13.4. The number of hydrogen-bond acceptors (Lipinski definition) is 2. The standard InChI is InChI=1S/C14H13BrFNS/c1-9-12(17)6-3-7-13(9)18-8-10-4-2-5-11(16)14(10)15/h2-7H,8,17H2,1H3. The van der Waals surface area contributed by atoms with Crippen molar-refractivity contribution in [3.05, 3.63) is 57.8 Å². The summed E-state index contributed by atoms with van der Waals surface area (Å²) >= 11 is 4.93. The van der Waals surface area contributed by atoms with Gasteiger partial charge in [-0.1, -0.05) is 18.2 Å². The molecule has 0 aliphatic heterocycles. The van der Waals surface area contributed by atoms with E-state index in [2.05, 4.69) is 15.9 Å². The van der Waals surface area contributed by atoms with E-state index in [1.807, 2.05) is 31.2 Å². The largest absolute Gasteiger partial charge is 0.398 e. The second-order valence-electron chi connectivity index (χ2n) is 3.97. The molecule has 0 saturated carbocycles. The van der Waals surface area contributed by atoms with Gasteiger partial charge in [-0.15, -0.1) is 11.8 Å². The van der Waals surface area contributed by atoms with Crippen molar-refractivity contribution in [3.8, 4) is 0 Å². The van der Waals surface area contributed by atoms with Crippen LogP contribution in [0.25, 0.3) is 0 Å². The summed E-state index contributed by atoms with van der Waals surface area (Å²) in [6, 6.07) is 10.9. The number of benzene rings is 2. The number of thioether (sulfide) groups is 1. The van der Waals surface area contributed by atoms with Gasteiger partial charge in [0, 0.05) is 16.3 Å². The highest BCUT2D eigenvalue weighted by molar-refractivity contribution is 9.10. The number of halogens is 2. The first-order valence-electron chi connectivity index (χ1n) is 5.50. The van der Waals surface area contributed by atoms with Crippen molar-refractivity contribution in [2.24, 2.45) is 0 Å². The topological polar surface area (TPSA) is 26.0 Å². The average molecular weight is 326 g/mol. The van der Waals surface area contributed by atoms with Gasteiger partial charge in [-0.05, 0) is 52.2 Å². The molecular weight excluding hydrogens is 313 g/mol. The van der Waals surface area contributed by atoms with Crippen molar-refractivity contribution in [2.75, 3.05) is 5.73 Å². The van der Waals surface area contributed by atoms with Crippen molar-refractivity contribution in [1.29, 1.82) is 0 Å². The predicted octanol–water partition coefficient (Wildman–Crippen LogP) is 4.77. The Kier molecular flexibility index (Phi) is 4.30. The molecule has 2 aromatic carbocycles. The van der Waals surface area contributed by atoms with Gasteiger partial charge in [0.15, 0.2) is 0 Å². The monoisotopic (exact) mass is 325 g/mol. The van der Waals surface area contributed by atoms with Gasteiger partial charge in [0.1, 0.15) is 5.82 Å². The number of rotatable bonds is 3. The van der Waals surface area contributed by atoms with Gasteiger partial charge in [0.05, 0.1) is 4.47 Å². The van der Waals surface area contributed by atoms with Crippen LogP contribution in [0.4, 0.5) is 10.1 Å². The van der Waals surface area contributed by atoms with Crippen molar-refractivity contribution in [1.82, 2.24) is 0 Å². The summed E-state index contributed by atoms with van der Waals surface area (Å²) in [7, 11) is 0. The van der Waals surface area contributed by atoms with Crippen LogP contribution in [0.3, 0.4) is 0 Å². The van der Waals surface area contributed by atoms with Crippen LogP contribution in [0.15, 0.2) is 45.8 Å². The van der Waals surface area contributed by atoms with Gasteiger partial charge in [0.2, 0.25) is 0 Å².